The van der Waals surface area contributed by atoms with Crippen molar-refractivity contribution in [3.05, 3.63) is 81.8 Å². The summed E-state index contributed by atoms with van der Waals surface area (Å²) in [4.78, 5) is 28.9. The highest BCUT2D eigenvalue weighted by molar-refractivity contribution is 9.11. The molecule has 0 aliphatic carbocycles. The van der Waals surface area contributed by atoms with Crippen LogP contribution in [0, 0.1) is 0 Å². The Hall–Kier alpha value is -1.21. The highest BCUT2D eigenvalue weighted by atomic mass is 79.9. The molecule has 0 amide bonds. The molecule has 2 aromatic heterocycles. The van der Waals surface area contributed by atoms with Crippen LogP contribution < -0.4 is 14.0 Å². The largest absolute Gasteiger partial charge is 0.632 e. The molecule has 0 aliphatic rings. The van der Waals surface area contributed by atoms with E-state index in [0.717, 1.165) is 26.6 Å². The smallest absolute Gasteiger partial charge is 0.236 e. The van der Waals surface area contributed by atoms with Gasteiger partial charge in [0.1, 0.15) is 0 Å². The van der Waals surface area contributed by atoms with Gasteiger partial charge in [0.2, 0.25) is 7.94 Å². The van der Waals surface area contributed by atoms with E-state index in [1.807, 2.05) is 43.0 Å². The highest BCUT2D eigenvalue weighted by Gasteiger charge is 2.20. The molecule has 0 aliphatic heterocycles. The van der Waals surface area contributed by atoms with E-state index < -0.39 is 7.94 Å². The molecule has 5 nitrogen and oxygen atoms in total. The maximum Gasteiger partial charge on any atom is 0.236 e. The van der Waals surface area contributed by atoms with Gasteiger partial charge < -0.3 is 4.89 Å². The van der Waals surface area contributed by atoms with Crippen LogP contribution in [0.4, 0.5) is 0 Å². The zero-order valence-electron chi connectivity index (χ0n) is 14.4. The Kier molecular flexibility index (Phi) is 6.74. The number of hydrogen-bond donors (Lipinski definition) is 2. The minimum Gasteiger partial charge on any atom is -0.632 e. The van der Waals surface area contributed by atoms with Crippen molar-refractivity contribution in [3.8, 4) is 11.1 Å². The number of aryl methyl sites for hydroxylation is 1. The zero-order valence-corrected chi connectivity index (χ0v) is 18.4. The standard InChI is InChI=1S/C19H17Br2N2O3P/c20-18-11-15(12-19(21)13-18)14-23-7-3-17(4-8-23)16-1-5-22(6-2-16)9-10-27(24,25)26/h1-8,11-13H,9-10,14H2/p+2. The molecule has 140 valence electrons. The van der Waals surface area contributed by atoms with Crippen molar-refractivity contribution >= 4 is 39.8 Å². The molecule has 1 aromatic carbocycles. The van der Waals surface area contributed by atoms with E-state index in [0.29, 0.717) is 6.54 Å². The summed E-state index contributed by atoms with van der Waals surface area (Å²) in [5.74, 6) is 0. The molecule has 0 spiro atoms. The lowest BCUT2D eigenvalue weighted by atomic mass is 10.1. The summed E-state index contributed by atoms with van der Waals surface area (Å²) in [5, 5.41) is 0. The number of nitrogens with zero attached hydrogens (tertiary/aromatic N) is 2. The first-order valence-electron chi connectivity index (χ1n) is 8.27. The van der Waals surface area contributed by atoms with Crippen molar-refractivity contribution < 1.29 is 23.8 Å². The number of rotatable bonds is 6. The van der Waals surface area contributed by atoms with Crippen LogP contribution >= 0.6 is 39.8 Å². The third-order valence-electron chi connectivity index (χ3n) is 4.05. The molecule has 0 radical (unpaired) electrons. The monoisotopic (exact) mass is 512 g/mol. The number of pyridine rings is 2. The summed E-state index contributed by atoms with van der Waals surface area (Å²) in [7, 11) is -3.97. The molecule has 27 heavy (non-hydrogen) atoms. The van der Waals surface area contributed by atoms with Crippen molar-refractivity contribution in [3.63, 3.8) is 0 Å². The van der Waals surface area contributed by atoms with Gasteiger partial charge >= 0.3 is 0 Å². The van der Waals surface area contributed by atoms with Gasteiger partial charge in [-0.1, -0.05) is 31.9 Å². The number of benzene rings is 1. The maximum atomic E-state index is 11.0. The van der Waals surface area contributed by atoms with Crippen LogP contribution in [0.25, 0.3) is 11.1 Å². The molecule has 2 N–H and O–H groups in total. The molecule has 8 heteroatoms. The Bertz CT molecular complexity index is 893. The second-order valence-corrected chi connectivity index (χ2v) is 9.86. The SMILES string of the molecule is [O-][P+](O)(O)CC[n+]1ccc(-c2cc[n+](Cc3cc(Br)cc(Br)c3)cc2)cc1. The van der Waals surface area contributed by atoms with E-state index in [4.69, 9.17) is 9.79 Å². The topological polar surface area (TPSA) is 71.3 Å². The normalized spacial score (nSPS) is 11.6. The zero-order chi connectivity index (χ0) is 19.4. The molecule has 3 rings (SSSR count). The Labute approximate surface area is 175 Å². The van der Waals surface area contributed by atoms with Crippen molar-refractivity contribution in [2.75, 3.05) is 6.16 Å². The minimum atomic E-state index is -3.97. The van der Waals surface area contributed by atoms with Gasteiger partial charge in [-0.05, 0) is 29.3 Å². The number of aromatic nitrogens is 2. The van der Waals surface area contributed by atoms with E-state index >= 15 is 0 Å². The Balaban J connectivity index is 1.68. The predicted molar refractivity (Wildman–Crippen MR) is 109 cm³/mol. The molecule has 0 bridgehead atoms. The van der Waals surface area contributed by atoms with E-state index in [1.165, 1.54) is 5.56 Å². The van der Waals surface area contributed by atoms with Crippen LogP contribution in [0.3, 0.4) is 0 Å². The lowest BCUT2D eigenvalue weighted by Gasteiger charge is -2.12. The first kappa shape index (κ1) is 20.5. The molecular formula is C19H19Br2N2O3P+2. The quantitative estimate of drug-likeness (QED) is 0.393. The summed E-state index contributed by atoms with van der Waals surface area (Å²) in [6, 6.07) is 14.2. The van der Waals surface area contributed by atoms with Crippen LogP contribution in [0.1, 0.15) is 5.56 Å². The molecule has 0 saturated heterocycles. The average Bonchev–Trinajstić information content (AvgIpc) is 2.60. The van der Waals surface area contributed by atoms with Crippen molar-refractivity contribution in [1.82, 2.24) is 0 Å². The van der Waals surface area contributed by atoms with Crippen LogP contribution in [-0.4, -0.2) is 15.9 Å². The Morgan fingerprint density at radius 3 is 1.78 bits per heavy atom. The first-order chi connectivity index (χ1) is 12.8. The summed E-state index contributed by atoms with van der Waals surface area (Å²) < 4.78 is 5.97. The lowest BCUT2D eigenvalue weighted by molar-refractivity contribution is -0.693. The summed E-state index contributed by atoms with van der Waals surface area (Å²) in [6.45, 7) is 1.07. The van der Waals surface area contributed by atoms with Crippen LogP contribution in [0.2, 0.25) is 0 Å². The van der Waals surface area contributed by atoms with E-state index in [-0.39, 0.29) is 6.16 Å². The Morgan fingerprint density at radius 1 is 0.815 bits per heavy atom. The Morgan fingerprint density at radius 2 is 1.30 bits per heavy atom. The molecule has 2 heterocycles. The van der Waals surface area contributed by atoms with Gasteiger partial charge in [-0.15, -0.1) is 0 Å². The van der Waals surface area contributed by atoms with Gasteiger partial charge in [-0.2, -0.15) is 0 Å². The van der Waals surface area contributed by atoms with Crippen molar-refractivity contribution in [2.45, 2.75) is 13.1 Å². The summed E-state index contributed by atoms with van der Waals surface area (Å²) >= 11 is 7.02. The van der Waals surface area contributed by atoms with Crippen LogP contribution in [0.15, 0.2) is 76.2 Å². The first-order valence-corrected chi connectivity index (χ1v) is 11.6. The van der Waals surface area contributed by atoms with Crippen molar-refractivity contribution in [2.24, 2.45) is 0 Å². The number of halogens is 2. The molecule has 0 saturated carbocycles. The molecule has 3 aromatic rings. The third-order valence-corrected chi connectivity index (χ3v) is 5.75. The van der Waals surface area contributed by atoms with Gasteiger partial charge in [-0.25, -0.2) is 18.9 Å². The molecular weight excluding hydrogens is 495 g/mol. The summed E-state index contributed by atoms with van der Waals surface area (Å²) in [6.07, 6.45) is 7.60. The van der Waals surface area contributed by atoms with Crippen LogP contribution in [0.5, 0.6) is 0 Å². The molecule has 0 atom stereocenters. The predicted octanol–water partition coefficient (Wildman–Crippen LogP) is 2.61. The van der Waals surface area contributed by atoms with Crippen LogP contribution in [-0.2, 0) is 13.1 Å². The fourth-order valence-electron chi connectivity index (χ4n) is 2.71. The molecule has 0 unspecified atom stereocenters. The van der Waals surface area contributed by atoms with E-state index in [2.05, 4.69) is 60.7 Å². The second-order valence-electron chi connectivity index (χ2n) is 6.25. The lowest BCUT2D eigenvalue weighted by Crippen LogP contribution is -2.36. The maximum absolute atomic E-state index is 11.0. The van der Waals surface area contributed by atoms with Crippen molar-refractivity contribution in [1.29, 1.82) is 0 Å². The van der Waals surface area contributed by atoms with Gasteiger partial charge in [-0.3, -0.25) is 0 Å². The summed E-state index contributed by atoms with van der Waals surface area (Å²) in [5.41, 5.74) is 3.34. The average molecular weight is 514 g/mol. The van der Waals surface area contributed by atoms with E-state index in [1.54, 1.807) is 4.57 Å². The van der Waals surface area contributed by atoms with Gasteiger partial charge in [0.05, 0.1) is 0 Å². The number of hydrogen-bond acceptors (Lipinski definition) is 3. The van der Waals surface area contributed by atoms with E-state index in [9.17, 15) is 4.89 Å². The third kappa shape index (κ3) is 6.42. The fourth-order valence-corrected chi connectivity index (χ4v) is 4.59. The fraction of sp³-hybridized carbons (Fsp3) is 0.158. The molecule has 0 fully saturated rings. The van der Waals surface area contributed by atoms with Gasteiger partial charge in [0.25, 0.3) is 0 Å². The van der Waals surface area contributed by atoms with Gasteiger partial charge in [0.15, 0.2) is 44.0 Å². The second kappa shape index (κ2) is 8.86. The van der Waals surface area contributed by atoms with Gasteiger partial charge in [0, 0.05) is 38.8 Å². The highest BCUT2D eigenvalue weighted by Crippen LogP contribution is 2.38. The minimum absolute atomic E-state index is 0.159.